The molecule has 3 N–H and O–H groups in total. The molecule has 1 fully saturated rings. The van der Waals surface area contributed by atoms with Crippen LogP contribution in [0.1, 0.15) is 43.8 Å². The highest BCUT2D eigenvalue weighted by Gasteiger charge is 2.18. The van der Waals surface area contributed by atoms with Gasteiger partial charge in [-0.25, -0.2) is 0 Å². The van der Waals surface area contributed by atoms with Gasteiger partial charge in [-0.1, -0.05) is 12.1 Å². The summed E-state index contributed by atoms with van der Waals surface area (Å²) in [6, 6.07) is 7.21. The average molecular weight is 262 g/mol. The van der Waals surface area contributed by atoms with Crippen molar-refractivity contribution in [3.05, 3.63) is 29.8 Å². The van der Waals surface area contributed by atoms with Gasteiger partial charge in [-0.3, -0.25) is 4.79 Å². The van der Waals surface area contributed by atoms with Gasteiger partial charge in [-0.2, -0.15) is 0 Å². The van der Waals surface area contributed by atoms with Crippen LogP contribution in [0.25, 0.3) is 0 Å². The SMILES string of the molecule is Nc1cccc(C(O)CCC(=O)N2CCCCC2)c1. The second-order valence-electron chi connectivity index (χ2n) is 5.17. The number of amides is 1. The van der Waals surface area contributed by atoms with Crippen LogP contribution < -0.4 is 5.73 Å². The van der Waals surface area contributed by atoms with Gasteiger partial charge in [0.2, 0.25) is 5.91 Å². The molecule has 1 aliphatic heterocycles. The smallest absolute Gasteiger partial charge is 0.222 e. The highest BCUT2D eigenvalue weighted by atomic mass is 16.3. The number of hydrogen-bond donors (Lipinski definition) is 2. The highest BCUT2D eigenvalue weighted by Crippen LogP contribution is 2.21. The summed E-state index contributed by atoms with van der Waals surface area (Å²) >= 11 is 0. The number of likely N-dealkylation sites (tertiary alicyclic amines) is 1. The summed E-state index contributed by atoms with van der Waals surface area (Å²) in [4.78, 5) is 13.9. The van der Waals surface area contributed by atoms with Crippen LogP contribution >= 0.6 is 0 Å². The van der Waals surface area contributed by atoms with Gasteiger partial charge in [0.1, 0.15) is 0 Å². The molecule has 0 radical (unpaired) electrons. The first-order valence-corrected chi connectivity index (χ1v) is 6.98. The molecule has 4 nitrogen and oxygen atoms in total. The van der Waals surface area contributed by atoms with Crippen molar-refractivity contribution in [2.24, 2.45) is 0 Å². The minimum atomic E-state index is -0.614. The first kappa shape index (κ1) is 13.9. The van der Waals surface area contributed by atoms with Crippen LogP contribution in [0.3, 0.4) is 0 Å². The lowest BCUT2D eigenvalue weighted by atomic mass is 10.0. The van der Waals surface area contributed by atoms with E-state index in [9.17, 15) is 9.90 Å². The quantitative estimate of drug-likeness (QED) is 0.817. The second-order valence-corrected chi connectivity index (χ2v) is 5.17. The minimum Gasteiger partial charge on any atom is -0.399 e. The van der Waals surface area contributed by atoms with Crippen molar-refractivity contribution in [1.29, 1.82) is 0 Å². The van der Waals surface area contributed by atoms with Crippen molar-refractivity contribution >= 4 is 11.6 Å². The summed E-state index contributed by atoms with van der Waals surface area (Å²) in [6.45, 7) is 1.74. The number of carbonyl (C=O) groups excluding carboxylic acids is 1. The van der Waals surface area contributed by atoms with Crippen molar-refractivity contribution in [3.8, 4) is 0 Å². The maximum absolute atomic E-state index is 12.0. The molecule has 1 saturated heterocycles. The fraction of sp³-hybridized carbons (Fsp3) is 0.533. The van der Waals surface area contributed by atoms with Crippen molar-refractivity contribution in [2.75, 3.05) is 18.8 Å². The lowest BCUT2D eigenvalue weighted by Crippen LogP contribution is -2.35. The lowest BCUT2D eigenvalue weighted by molar-refractivity contribution is -0.132. The molecule has 4 heteroatoms. The molecule has 1 amide bonds. The number of benzene rings is 1. The zero-order valence-corrected chi connectivity index (χ0v) is 11.2. The van der Waals surface area contributed by atoms with Crippen LogP contribution in [-0.4, -0.2) is 29.0 Å². The molecular formula is C15H22N2O2. The Morgan fingerprint density at radius 2 is 2.05 bits per heavy atom. The van der Waals surface area contributed by atoms with E-state index < -0.39 is 6.10 Å². The molecule has 2 rings (SSSR count). The molecule has 0 aliphatic carbocycles. The molecule has 0 bridgehead atoms. The molecule has 104 valence electrons. The van der Waals surface area contributed by atoms with Gasteiger partial charge in [0.15, 0.2) is 0 Å². The van der Waals surface area contributed by atoms with E-state index in [1.165, 1.54) is 6.42 Å². The fourth-order valence-electron chi connectivity index (χ4n) is 2.49. The van der Waals surface area contributed by atoms with E-state index >= 15 is 0 Å². The van der Waals surface area contributed by atoms with Gasteiger partial charge in [0.25, 0.3) is 0 Å². The number of anilines is 1. The molecule has 0 spiro atoms. The van der Waals surface area contributed by atoms with Crippen molar-refractivity contribution in [3.63, 3.8) is 0 Å². The molecule has 1 unspecified atom stereocenters. The van der Waals surface area contributed by atoms with E-state index in [1.807, 2.05) is 17.0 Å². The highest BCUT2D eigenvalue weighted by molar-refractivity contribution is 5.76. The third-order valence-electron chi connectivity index (χ3n) is 3.64. The zero-order valence-electron chi connectivity index (χ0n) is 11.2. The molecule has 1 heterocycles. The molecule has 19 heavy (non-hydrogen) atoms. The van der Waals surface area contributed by atoms with Crippen LogP contribution in [-0.2, 0) is 4.79 Å². The Morgan fingerprint density at radius 3 is 2.74 bits per heavy atom. The summed E-state index contributed by atoms with van der Waals surface area (Å²) in [5, 5.41) is 10.1. The number of piperidine rings is 1. The summed E-state index contributed by atoms with van der Waals surface area (Å²) < 4.78 is 0. The van der Waals surface area contributed by atoms with E-state index in [0.717, 1.165) is 31.5 Å². The van der Waals surface area contributed by atoms with Gasteiger partial charge >= 0.3 is 0 Å². The van der Waals surface area contributed by atoms with Crippen LogP contribution in [0, 0.1) is 0 Å². The first-order valence-electron chi connectivity index (χ1n) is 6.98. The molecule has 1 atom stereocenters. The normalized spacial score (nSPS) is 17.2. The van der Waals surface area contributed by atoms with Gasteiger partial charge in [-0.05, 0) is 43.4 Å². The van der Waals surface area contributed by atoms with Crippen molar-refractivity contribution < 1.29 is 9.90 Å². The monoisotopic (exact) mass is 262 g/mol. The van der Waals surface area contributed by atoms with E-state index in [-0.39, 0.29) is 5.91 Å². The topological polar surface area (TPSA) is 66.6 Å². The summed E-state index contributed by atoms with van der Waals surface area (Å²) in [7, 11) is 0. The summed E-state index contributed by atoms with van der Waals surface area (Å²) in [6.07, 6.45) is 3.66. The van der Waals surface area contributed by atoms with E-state index in [1.54, 1.807) is 12.1 Å². The maximum atomic E-state index is 12.0. The van der Waals surface area contributed by atoms with E-state index in [0.29, 0.717) is 18.5 Å². The Kier molecular flexibility index (Phi) is 4.80. The van der Waals surface area contributed by atoms with Crippen molar-refractivity contribution in [2.45, 2.75) is 38.2 Å². The predicted octanol–water partition coefficient (Wildman–Crippen LogP) is 2.09. The number of aliphatic hydroxyl groups excluding tert-OH is 1. The van der Waals surface area contributed by atoms with E-state index in [4.69, 9.17) is 5.73 Å². The Bertz CT molecular complexity index is 428. The number of nitrogens with two attached hydrogens (primary N) is 1. The van der Waals surface area contributed by atoms with E-state index in [2.05, 4.69) is 0 Å². The average Bonchev–Trinajstić information content (AvgIpc) is 2.45. The molecule has 1 aromatic rings. The summed E-state index contributed by atoms with van der Waals surface area (Å²) in [5.74, 6) is 0.155. The van der Waals surface area contributed by atoms with Crippen LogP contribution in [0.4, 0.5) is 5.69 Å². The number of nitrogens with zero attached hydrogens (tertiary/aromatic N) is 1. The minimum absolute atomic E-state index is 0.155. The number of aliphatic hydroxyl groups is 1. The molecule has 0 saturated carbocycles. The van der Waals surface area contributed by atoms with Crippen LogP contribution in [0.2, 0.25) is 0 Å². The Morgan fingerprint density at radius 1 is 1.32 bits per heavy atom. The fourth-order valence-corrected chi connectivity index (χ4v) is 2.49. The Hall–Kier alpha value is -1.55. The predicted molar refractivity (Wildman–Crippen MR) is 75.5 cm³/mol. The molecule has 1 aromatic carbocycles. The van der Waals surface area contributed by atoms with Crippen LogP contribution in [0.5, 0.6) is 0 Å². The third kappa shape index (κ3) is 3.96. The Labute approximate surface area is 114 Å². The number of carbonyl (C=O) groups is 1. The molecular weight excluding hydrogens is 240 g/mol. The third-order valence-corrected chi connectivity index (χ3v) is 3.64. The summed E-state index contributed by atoms with van der Waals surface area (Å²) in [5.41, 5.74) is 7.10. The van der Waals surface area contributed by atoms with Gasteiger partial charge in [0.05, 0.1) is 6.10 Å². The Balaban J connectivity index is 1.82. The molecule has 0 aromatic heterocycles. The van der Waals surface area contributed by atoms with Gasteiger partial charge in [-0.15, -0.1) is 0 Å². The maximum Gasteiger partial charge on any atom is 0.222 e. The number of rotatable bonds is 4. The second kappa shape index (κ2) is 6.57. The molecule has 1 aliphatic rings. The lowest BCUT2D eigenvalue weighted by Gasteiger charge is -2.27. The van der Waals surface area contributed by atoms with Gasteiger partial charge < -0.3 is 15.7 Å². The number of nitrogen functional groups attached to an aromatic ring is 1. The standard InChI is InChI=1S/C15H22N2O2/c16-13-6-4-5-12(11-13)14(18)7-8-15(19)17-9-2-1-3-10-17/h4-6,11,14,18H,1-3,7-10,16H2. The van der Waals surface area contributed by atoms with Crippen molar-refractivity contribution in [1.82, 2.24) is 4.90 Å². The first-order chi connectivity index (χ1) is 9.16. The zero-order chi connectivity index (χ0) is 13.7. The number of hydrogen-bond acceptors (Lipinski definition) is 3. The van der Waals surface area contributed by atoms with Gasteiger partial charge in [0, 0.05) is 25.2 Å². The largest absolute Gasteiger partial charge is 0.399 e. The van der Waals surface area contributed by atoms with Crippen LogP contribution in [0.15, 0.2) is 24.3 Å².